The third-order valence-electron chi connectivity index (χ3n) is 2.97. The van der Waals surface area contributed by atoms with E-state index in [1.54, 1.807) is 6.20 Å². The number of fused-ring (bicyclic) bond motifs is 1. The van der Waals surface area contributed by atoms with Crippen molar-refractivity contribution in [1.29, 1.82) is 0 Å². The van der Waals surface area contributed by atoms with Crippen molar-refractivity contribution in [2.45, 2.75) is 12.5 Å². The van der Waals surface area contributed by atoms with Gasteiger partial charge in [0.25, 0.3) is 0 Å². The molecule has 1 aromatic carbocycles. The lowest BCUT2D eigenvalue weighted by Crippen LogP contribution is -2.24. The smallest absolute Gasteiger partial charge is 0.345 e. The fraction of sp³-hybridized carbons (Fsp3) is 0.143. The van der Waals surface area contributed by atoms with Crippen LogP contribution in [-0.2, 0) is 11.2 Å². The molecule has 0 bridgehead atoms. The predicted molar refractivity (Wildman–Crippen MR) is 65.4 cm³/mol. The van der Waals surface area contributed by atoms with Crippen LogP contribution in [0.5, 0.6) is 5.75 Å². The molecule has 0 aliphatic carbocycles. The van der Waals surface area contributed by atoms with Gasteiger partial charge in [-0.3, -0.25) is 4.98 Å². The molecule has 4 heteroatoms. The molecule has 0 spiro atoms. The third-order valence-corrected chi connectivity index (χ3v) is 2.97. The van der Waals surface area contributed by atoms with Crippen LogP contribution in [0.1, 0.15) is 5.56 Å². The maximum Gasteiger partial charge on any atom is 0.345 e. The van der Waals surface area contributed by atoms with Crippen LogP contribution in [0.15, 0.2) is 42.6 Å². The Morgan fingerprint density at radius 3 is 2.94 bits per heavy atom. The summed E-state index contributed by atoms with van der Waals surface area (Å²) in [6.07, 6.45) is 1.38. The van der Waals surface area contributed by atoms with E-state index in [4.69, 9.17) is 9.84 Å². The molecule has 18 heavy (non-hydrogen) atoms. The summed E-state index contributed by atoms with van der Waals surface area (Å²) in [7, 11) is 0. The molecule has 0 amide bonds. The fourth-order valence-electron chi connectivity index (χ4n) is 2.08. The maximum absolute atomic E-state index is 10.9. The lowest BCUT2D eigenvalue weighted by atomic mass is 10.0. The Balaban J connectivity index is 1.95. The minimum absolute atomic E-state index is 0.408. The van der Waals surface area contributed by atoms with Gasteiger partial charge in [-0.05, 0) is 35.9 Å². The van der Waals surface area contributed by atoms with E-state index in [0.717, 1.165) is 16.8 Å². The molecule has 1 aliphatic rings. The SMILES string of the molecule is O=C(O)C1Cc2cc(-c3ccccn3)ccc2O1. The van der Waals surface area contributed by atoms with Crippen molar-refractivity contribution in [3.63, 3.8) is 0 Å². The van der Waals surface area contributed by atoms with E-state index in [9.17, 15) is 4.79 Å². The number of carboxylic acids is 1. The monoisotopic (exact) mass is 241 g/mol. The highest BCUT2D eigenvalue weighted by Gasteiger charge is 2.28. The van der Waals surface area contributed by atoms with Crippen molar-refractivity contribution in [3.8, 4) is 17.0 Å². The van der Waals surface area contributed by atoms with E-state index >= 15 is 0 Å². The average Bonchev–Trinajstić information content (AvgIpc) is 2.82. The molecule has 0 radical (unpaired) electrons. The number of benzene rings is 1. The second-order valence-electron chi connectivity index (χ2n) is 4.19. The van der Waals surface area contributed by atoms with E-state index in [0.29, 0.717) is 12.2 Å². The van der Waals surface area contributed by atoms with Gasteiger partial charge in [-0.25, -0.2) is 4.79 Å². The molecule has 1 aliphatic heterocycles. The van der Waals surface area contributed by atoms with Gasteiger partial charge >= 0.3 is 5.97 Å². The van der Waals surface area contributed by atoms with Gasteiger partial charge in [0.2, 0.25) is 0 Å². The van der Waals surface area contributed by atoms with Crippen molar-refractivity contribution in [1.82, 2.24) is 4.98 Å². The van der Waals surface area contributed by atoms with Gasteiger partial charge in [0.05, 0.1) is 5.69 Å². The van der Waals surface area contributed by atoms with Crippen molar-refractivity contribution in [2.75, 3.05) is 0 Å². The summed E-state index contributed by atoms with van der Waals surface area (Å²) in [5, 5.41) is 8.93. The number of aliphatic carboxylic acids is 1. The van der Waals surface area contributed by atoms with Crippen LogP contribution >= 0.6 is 0 Å². The first-order valence-corrected chi connectivity index (χ1v) is 5.68. The number of pyridine rings is 1. The molecule has 3 rings (SSSR count). The molecule has 1 unspecified atom stereocenters. The average molecular weight is 241 g/mol. The van der Waals surface area contributed by atoms with E-state index in [1.807, 2.05) is 36.4 Å². The Labute approximate surface area is 104 Å². The third kappa shape index (κ3) is 1.82. The number of aromatic nitrogens is 1. The minimum atomic E-state index is -0.925. The summed E-state index contributed by atoms with van der Waals surface area (Å²) >= 11 is 0. The van der Waals surface area contributed by atoms with Gasteiger partial charge in [0, 0.05) is 18.2 Å². The van der Waals surface area contributed by atoms with Crippen molar-refractivity contribution < 1.29 is 14.6 Å². The molecule has 0 saturated heterocycles. The van der Waals surface area contributed by atoms with Crippen molar-refractivity contribution >= 4 is 5.97 Å². The highest BCUT2D eigenvalue weighted by atomic mass is 16.5. The first-order valence-electron chi connectivity index (χ1n) is 5.68. The van der Waals surface area contributed by atoms with E-state index in [-0.39, 0.29) is 0 Å². The van der Waals surface area contributed by atoms with Crippen LogP contribution in [0.2, 0.25) is 0 Å². The van der Waals surface area contributed by atoms with Crippen molar-refractivity contribution in [3.05, 3.63) is 48.2 Å². The number of carbonyl (C=O) groups is 1. The summed E-state index contributed by atoms with van der Waals surface area (Å²) in [5.74, 6) is -0.271. The Hall–Kier alpha value is -2.36. The number of rotatable bonds is 2. The van der Waals surface area contributed by atoms with Crippen LogP contribution < -0.4 is 4.74 Å². The summed E-state index contributed by atoms with van der Waals surface area (Å²) < 4.78 is 5.34. The number of hydrogen-bond acceptors (Lipinski definition) is 3. The van der Waals surface area contributed by atoms with Gasteiger partial charge in [0.15, 0.2) is 6.10 Å². The molecule has 4 nitrogen and oxygen atoms in total. The molecule has 2 aromatic rings. The minimum Gasteiger partial charge on any atom is -0.478 e. The molecule has 1 atom stereocenters. The Bertz CT molecular complexity index is 595. The van der Waals surface area contributed by atoms with Crippen LogP contribution in [0, 0.1) is 0 Å². The number of nitrogens with zero attached hydrogens (tertiary/aromatic N) is 1. The second kappa shape index (κ2) is 4.14. The first kappa shape index (κ1) is 10.8. The molecule has 0 saturated carbocycles. The standard InChI is InChI=1S/C14H11NO3/c16-14(17)13-8-10-7-9(4-5-12(10)18-13)11-3-1-2-6-15-11/h1-7,13H,8H2,(H,16,17). The molecule has 0 fully saturated rings. The Morgan fingerprint density at radius 1 is 1.33 bits per heavy atom. The predicted octanol–water partition coefficient (Wildman–Crippen LogP) is 2.14. The largest absolute Gasteiger partial charge is 0.478 e. The molecule has 90 valence electrons. The molecular weight excluding hydrogens is 230 g/mol. The van der Waals surface area contributed by atoms with E-state index < -0.39 is 12.1 Å². The molecule has 2 heterocycles. The Kier molecular flexibility index (Phi) is 2.48. The topological polar surface area (TPSA) is 59.4 Å². The van der Waals surface area contributed by atoms with Gasteiger partial charge in [-0.1, -0.05) is 6.07 Å². The quantitative estimate of drug-likeness (QED) is 0.875. The molecular formula is C14H11NO3. The maximum atomic E-state index is 10.9. The van der Waals surface area contributed by atoms with Gasteiger partial charge in [-0.2, -0.15) is 0 Å². The summed E-state index contributed by atoms with van der Waals surface area (Å²) in [5.41, 5.74) is 2.77. The van der Waals surface area contributed by atoms with Crippen LogP contribution in [-0.4, -0.2) is 22.2 Å². The van der Waals surface area contributed by atoms with E-state index in [1.165, 1.54) is 0 Å². The van der Waals surface area contributed by atoms with Crippen molar-refractivity contribution in [2.24, 2.45) is 0 Å². The summed E-state index contributed by atoms with van der Waals surface area (Å²) in [4.78, 5) is 15.2. The molecule has 1 N–H and O–H groups in total. The summed E-state index contributed by atoms with van der Waals surface area (Å²) in [6.45, 7) is 0. The van der Waals surface area contributed by atoms with Gasteiger partial charge in [0.1, 0.15) is 5.75 Å². The van der Waals surface area contributed by atoms with Crippen LogP contribution in [0.4, 0.5) is 0 Å². The first-order chi connectivity index (χ1) is 8.74. The number of hydrogen-bond donors (Lipinski definition) is 1. The normalized spacial score (nSPS) is 17.0. The molecule has 1 aromatic heterocycles. The van der Waals surface area contributed by atoms with Crippen LogP contribution in [0.25, 0.3) is 11.3 Å². The number of ether oxygens (including phenoxy) is 1. The zero-order valence-electron chi connectivity index (χ0n) is 9.54. The lowest BCUT2D eigenvalue weighted by Gasteiger charge is -2.04. The fourth-order valence-corrected chi connectivity index (χ4v) is 2.08. The van der Waals surface area contributed by atoms with Gasteiger partial charge < -0.3 is 9.84 Å². The van der Waals surface area contributed by atoms with Gasteiger partial charge in [-0.15, -0.1) is 0 Å². The highest BCUT2D eigenvalue weighted by molar-refractivity contribution is 5.75. The summed E-state index contributed by atoms with van der Waals surface area (Å²) in [6, 6.07) is 11.4. The highest BCUT2D eigenvalue weighted by Crippen LogP contribution is 2.32. The van der Waals surface area contributed by atoms with E-state index in [2.05, 4.69) is 4.98 Å². The lowest BCUT2D eigenvalue weighted by molar-refractivity contribution is -0.144. The van der Waals surface area contributed by atoms with Crippen LogP contribution in [0.3, 0.4) is 0 Å². The Morgan fingerprint density at radius 2 is 2.22 bits per heavy atom. The zero-order valence-corrected chi connectivity index (χ0v) is 9.54. The zero-order chi connectivity index (χ0) is 12.5. The number of carboxylic acid groups (broad SMARTS) is 1. The second-order valence-corrected chi connectivity index (χ2v) is 4.19.